The van der Waals surface area contributed by atoms with Gasteiger partial charge in [0.25, 0.3) is 0 Å². The average Bonchev–Trinajstić information content (AvgIpc) is 3.48. The van der Waals surface area contributed by atoms with E-state index in [1.807, 2.05) is 30.3 Å². The highest BCUT2D eigenvalue weighted by Crippen LogP contribution is 2.36. The van der Waals surface area contributed by atoms with Crippen LogP contribution in [0.25, 0.3) is 0 Å². The minimum atomic E-state index is -3.93. The normalized spacial score (nSPS) is 15.4. The zero-order chi connectivity index (χ0) is 31.3. The van der Waals surface area contributed by atoms with Gasteiger partial charge in [0.15, 0.2) is 11.5 Å². The number of rotatable bonds is 11. The van der Waals surface area contributed by atoms with E-state index in [2.05, 4.69) is 5.32 Å². The summed E-state index contributed by atoms with van der Waals surface area (Å²) in [6, 6.07) is 18.2. The van der Waals surface area contributed by atoms with Gasteiger partial charge in [-0.1, -0.05) is 78.9 Å². The standard InChI is InChI=1S/C32H35Cl2N3O6S/c1-44(40,41)37(25-13-15-29-30(18-25)43-21-42-29)20-31(38)36(19-23-12-14-26(33)27(34)16-23)28(17-22-8-4-2-5-9-22)32(39)35-24-10-6-3-7-11-24/h2,4-5,8-9,12-16,18,24,28H,3,6-7,10-11,17,19-21H2,1H3,(H,35,39)/t28-/m1/s1. The number of nitrogens with one attached hydrogen (secondary N) is 1. The highest BCUT2D eigenvalue weighted by atomic mass is 35.5. The van der Waals surface area contributed by atoms with Crippen LogP contribution in [0.15, 0.2) is 66.7 Å². The van der Waals surface area contributed by atoms with Crippen LogP contribution in [0.1, 0.15) is 43.2 Å². The van der Waals surface area contributed by atoms with Gasteiger partial charge >= 0.3 is 0 Å². The molecule has 0 bridgehead atoms. The second-order valence-corrected chi connectivity index (χ2v) is 13.8. The molecule has 1 saturated carbocycles. The molecule has 9 nitrogen and oxygen atoms in total. The molecule has 1 aliphatic carbocycles. The highest BCUT2D eigenvalue weighted by Gasteiger charge is 2.34. The van der Waals surface area contributed by atoms with Crippen LogP contribution in [0.2, 0.25) is 10.0 Å². The second-order valence-electron chi connectivity index (χ2n) is 11.1. The third kappa shape index (κ3) is 7.97. The Morgan fingerprint density at radius 3 is 2.34 bits per heavy atom. The first-order chi connectivity index (χ1) is 21.1. The molecule has 234 valence electrons. The van der Waals surface area contributed by atoms with Crippen molar-refractivity contribution < 1.29 is 27.5 Å². The van der Waals surface area contributed by atoms with Crippen LogP contribution in [-0.2, 0) is 32.6 Å². The number of halogens is 2. The van der Waals surface area contributed by atoms with Crippen molar-refractivity contribution in [2.24, 2.45) is 0 Å². The molecule has 1 fully saturated rings. The minimum absolute atomic E-state index is 0.00402. The number of hydrogen-bond acceptors (Lipinski definition) is 6. The smallest absolute Gasteiger partial charge is 0.244 e. The van der Waals surface area contributed by atoms with Gasteiger partial charge < -0.3 is 19.7 Å². The molecule has 1 atom stereocenters. The van der Waals surface area contributed by atoms with Crippen molar-refractivity contribution in [3.8, 4) is 11.5 Å². The molecule has 12 heteroatoms. The van der Waals surface area contributed by atoms with Gasteiger partial charge in [-0.15, -0.1) is 0 Å². The quantitative estimate of drug-likeness (QED) is 0.288. The van der Waals surface area contributed by atoms with Crippen molar-refractivity contribution in [1.29, 1.82) is 0 Å². The van der Waals surface area contributed by atoms with Gasteiger partial charge in [0.2, 0.25) is 28.6 Å². The summed E-state index contributed by atoms with van der Waals surface area (Å²) in [5.41, 5.74) is 1.75. The van der Waals surface area contributed by atoms with Crippen LogP contribution < -0.4 is 19.1 Å². The van der Waals surface area contributed by atoms with Gasteiger partial charge in [-0.25, -0.2) is 8.42 Å². The van der Waals surface area contributed by atoms with E-state index in [4.69, 9.17) is 32.7 Å². The van der Waals surface area contributed by atoms with E-state index < -0.39 is 28.5 Å². The molecular weight excluding hydrogens is 625 g/mol. The fraction of sp³-hybridized carbons (Fsp3) is 0.375. The maximum absolute atomic E-state index is 14.3. The number of nitrogens with zero attached hydrogens (tertiary/aromatic N) is 2. The molecule has 3 aromatic carbocycles. The Morgan fingerprint density at radius 1 is 0.909 bits per heavy atom. The summed E-state index contributed by atoms with van der Waals surface area (Å²) in [7, 11) is -3.93. The summed E-state index contributed by atoms with van der Waals surface area (Å²) in [4.78, 5) is 29.8. The van der Waals surface area contributed by atoms with Crippen LogP contribution in [0.4, 0.5) is 5.69 Å². The van der Waals surface area contributed by atoms with E-state index >= 15 is 0 Å². The molecule has 1 heterocycles. The number of fused-ring (bicyclic) bond motifs is 1. The number of sulfonamides is 1. The lowest BCUT2D eigenvalue weighted by Crippen LogP contribution is -2.55. The van der Waals surface area contributed by atoms with Crippen molar-refractivity contribution >= 4 is 50.7 Å². The van der Waals surface area contributed by atoms with Crippen molar-refractivity contribution in [1.82, 2.24) is 10.2 Å². The van der Waals surface area contributed by atoms with Crippen LogP contribution in [-0.4, -0.2) is 56.8 Å². The largest absolute Gasteiger partial charge is 0.454 e. The van der Waals surface area contributed by atoms with E-state index in [-0.39, 0.29) is 37.4 Å². The Labute approximate surface area is 268 Å². The van der Waals surface area contributed by atoms with Crippen LogP contribution in [0.3, 0.4) is 0 Å². The summed E-state index contributed by atoms with van der Waals surface area (Å²) in [5, 5.41) is 3.85. The SMILES string of the molecule is CS(=O)(=O)N(CC(=O)N(Cc1ccc(Cl)c(Cl)c1)[C@H](Cc1ccccc1)C(=O)NC1CCCCC1)c1ccc2c(c1)OCO2. The van der Waals surface area contributed by atoms with E-state index in [9.17, 15) is 18.0 Å². The molecule has 1 N–H and O–H groups in total. The molecule has 0 radical (unpaired) electrons. The summed E-state index contributed by atoms with van der Waals surface area (Å²) in [5.74, 6) is 0.0178. The van der Waals surface area contributed by atoms with Crippen molar-refractivity contribution in [3.05, 3.63) is 87.9 Å². The molecule has 5 rings (SSSR count). The topological polar surface area (TPSA) is 105 Å². The number of amides is 2. The molecular formula is C32H35Cl2N3O6S. The van der Waals surface area contributed by atoms with E-state index in [0.29, 0.717) is 27.1 Å². The van der Waals surface area contributed by atoms with E-state index in [0.717, 1.165) is 48.2 Å². The van der Waals surface area contributed by atoms with Gasteiger partial charge in [-0.2, -0.15) is 0 Å². The fourth-order valence-electron chi connectivity index (χ4n) is 5.59. The third-order valence-electron chi connectivity index (χ3n) is 7.88. The Balaban J connectivity index is 1.51. The van der Waals surface area contributed by atoms with Crippen LogP contribution in [0.5, 0.6) is 11.5 Å². The molecule has 2 amide bonds. The number of anilines is 1. The second kappa shape index (κ2) is 14.1. The molecule has 1 aliphatic heterocycles. The molecule has 44 heavy (non-hydrogen) atoms. The molecule has 3 aromatic rings. The monoisotopic (exact) mass is 659 g/mol. The van der Waals surface area contributed by atoms with Crippen molar-refractivity contribution in [2.45, 2.75) is 57.2 Å². The summed E-state index contributed by atoms with van der Waals surface area (Å²) in [6.45, 7) is -0.517. The summed E-state index contributed by atoms with van der Waals surface area (Å²) < 4.78 is 37.9. The van der Waals surface area contributed by atoms with Gasteiger partial charge in [-0.05, 0) is 48.2 Å². The third-order valence-corrected chi connectivity index (χ3v) is 9.76. The number of carbonyl (C=O) groups is 2. The lowest BCUT2D eigenvalue weighted by atomic mass is 9.94. The van der Waals surface area contributed by atoms with Gasteiger partial charge in [0.1, 0.15) is 12.6 Å². The van der Waals surface area contributed by atoms with Gasteiger partial charge in [0, 0.05) is 25.1 Å². The zero-order valence-corrected chi connectivity index (χ0v) is 26.7. The number of ether oxygens (including phenoxy) is 2. The number of benzene rings is 3. The van der Waals surface area contributed by atoms with Crippen LogP contribution >= 0.6 is 23.2 Å². The van der Waals surface area contributed by atoms with Crippen molar-refractivity contribution in [2.75, 3.05) is 23.9 Å². The average molecular weight is 661 g/mol. The lowest BCUT2D eigenvalue weighted by Gasteiger charge is -2.35. The Hall–Kier alpha value is -3.47. The zero-order valence-electron chi connectivity index (χ0n) is 24.4. The maximum Gasteiger partial charge on any atom is 0.244 e. The van der Waals surface area contributed by atoms with Crippen molar-refractivity contribution in [3.63, 3.8) is 0 Å². The Kier molecular flexibility index (Phi) is 10.2. The van der Waals surface area contributed by atoms with E-state index in [1.165, 1.54) is 11.0 Å². The summed E-state index contributed by atoms with van der Waals surface area (Å²) in [6.07, 6.45) is 6.19. The first-order valence-corrected chi connectivity index (χ1v) is 17.1. The number of carbonyl (C=O) groups excluding carboxylic acids is 2. The van der Waals surface area contributed by atoms with Gasteiger partial charge in [0.05, 0.1) is 22.0 Å². The molecule has 0 unspecified atom stereocenters. The molecule has 2 aliphatic rings. The first kappa shape index (κ1) is 31.9. The Bertz CT molecular complexity index is 1600. The minimum Gasteiger partial charge on any atom is -0.454 e. The van der Waals surface area contributed by atoms with E-state index in [1.54, 1.807) is 30.3 Å². The highest BCUT2D eigenvalue weighted by molar-refractivity contribution is 7.92. The van der Waals surface area contributed by atoms with Crippen LogP contribution in [0, 0.1) is 0 Å². The summed E-state index contributed by atoms with van der Waals surface area (Å²) >= 11 is 12.5. The predicted molar refractivity (Wildman–Crippen MR) is 171 cm³/mol. The first-order valence-electron chi connectivity index (χ1n) is 14.5. The number of hydrogen-bond donors (Lipinski definition) is 1. The molecule has 0 aromatic heterocycles. The maximum atomic E-state index is 14.3. The molecule has 0 saturated heterocycles. The van der Waals surface area contributed by atoms with Gasteiger partial charge in [-0.3, -0.25) is 13.9 Å². The Morgan fingerprint density at radius 2 is 1.64 bits per heavy atom. The predicted octanol–water partition coefficient (Wildman–Crippen LogP) is 5.58. The lowest BCUT2D eigenvalue weighted by molar-refractivity contribution is -0.140. The molecule has 0 spiro atoms. The fourth-order valence-corrected chi connectivity index (χ4v) is 6.75.